The van der Waals surface area contributed by atoms with Crippen molar-refractivity contribution < 1.29 is 31.5 Å². The van der Waals surface area contributed by atoms with E-state index >= 15 is 0 Å². The molecule has 0 saturated heterocycles. The summed E-state index contributed by atoms with van der Waals surface area (Å²) in [5.41, 5.74) is 0. The summed E-state index contributed by atoms with van der Waals surface area (Å²) in [5.74, 6) is -13.5. The maximum Gasteiger partial charge on any atom is 0.311 e. The molecular formula is C16H14F5NO2. The number of carbonyl (C=O) groups is 1. The summed E-state index contributed by atoms with van der Waals surface area (Å²) in [5, 5.41) is 0. The van der Waals surface area contributed by atoms with Crippen LogP contribution in [0.4, 0.5) is 22.0 Å². The zero-order valence-electron chi connectivity index (χ0n) is 12.5. The van der Waals surface area contributed by atoms with Crippen LogP contribution in [0, 0.1) is 29.1 Å². The Balaban J connectivity index is 1.84. The summed E-state index contributed by atoms with van der Waals surface area (Å²) in [7, 11) is 0. The van der Waals surface area contributed by atoms with E-state index in [-0.39, 0.29) is 6.42 Å². The first-order chi connectivity index (χ1) is 11.4. The smallest absolute Gasteiger partial charge is 0.311 e. The minimum atomic E-state index is -2.30. The summed E-state index contributed by atoms with van der Waals surface area (Å²) < 4.78 is 71.8. The Hall–Kier alpha value is -2.38. The predicted octanol–water partition coefficient (Wildman–Crippen LogP) is 4.35. The number of nitrogens with zero attached hydrogens (tertiary/aromatic N) is 1. The van der Waals surface area contributed by atoms with E-state index in [1.165, 1.54) is 0 Å². The second kappa shape index (κ2) is 7.94. The van der Waals surface area contributed by atoms with Crippen LogP contribution in [0.3, 0.4) is 0 Å². The second-order valence-corrected chi connectivity index (χ2v) is 5.10. The second-order valence-electron chi connectivity index (χ2n) is 5.10. The summed E-state index contributed by atoms with van der Waals surface area (Å²) in [6.45, 7) is 0.750. The number of ether oxygens (including phenoxy) is 1. The number of aromatic nitrogens is 1. The zero-order chi connectivity index (χ0) is 17.7. The number of hydrogen-bond donors (Lipinski definition) is 0. The Morgan fingerprint density at radius 1 is 0.833 bits per heavy atom. The van der Waals surface area contributed by atoms with E-state index in [9.17, 15) is 26.7 Å². The molecule has 0 aliphatic heterocycles. The maximum atomic E-state index is 13.4. The first kappa shape index (κ1) is 18.0. The first-order valence-electron chi connectivity index (χ1n) is 7.24. The lowest BCUT2D eigenvalue weighted by atomic mass is 10.2. The van der Waals surface area contributed by atoms with E-state index in [1.54, 1.807) is 0 Å². The monoisotopic (exact) mass is 347 g/mol. The van der Waals surface area contributed by atoms with Crippen molar-refractivity contribution in [1.29, 1.82) is 0 Å². The molecule has 0 bridgehead atoms. The molecule has 1 aromatic heterocycles. The summed E-state index contributed by atoms with van der Waals surface area (Å²) in [4.78, 5) is 11.5. The number of aryl methyl sites for hydroxylation is 1. The normalized spacial score (nSPS) is 10.9. The molecule has 24 heavy (non-hydrogen) atoms. The highest BCUT2D eigenvalue weighted by atomic mass is 19.2. The molecule has 0 radical (unpaired) electrons. The van der Waals surface area contributed by atoms with Crippen LogP contribution in [0.5, 0.6) is 5.75 Å². The van der Waals surface area contributed by atoms with Crippen molar-refractivity contribution in [3.8, 4) is 5.75 Å². The molecule has 0 spiro atoms. The molecule has 8 heteroatoms. The fraction of sp³-hybridized carbons (Fsp3) is 0.312. The third-order valence-electron chi connectivity index (χ3n) is 3.35. The highest BCUT2D eigenvalue weighted by Gasteiger charge is 2.28. The standard InChI is InChI=1S/C16H14F5NO2/c17-11-12(18)14(20)16(15(21)13(11)19)24-10(23)6-2-1-3-7-22-8-4-5-9-22/h4-5,8-9H,1-3,6-7H2. The van der Waals surface area contributed by atoms with Crippen LogP contribution >= 0.6 is 0 Å². The average molecular weight is 347 g/mol. The number of hydrogen-bond acceptors (Lipinski definition) is 2. The molecule has 0 aliphatic rings. The molecule has 1 heterocycles. The van der Waals surface area contributed by atoms with Crippen LogP contribution in [-0.2, 0) is 11.3 Å². The van der Waals surface area contributed by atoms with Gasteiger partial charge in [0.15, 0.2) is 0 Å². The van der Waals surface area contributed by atoms with Gasteiger partial charge in [-0.1, -0.05) is 6.42 Å². The molecule has 0 unspecified atom stereocenters. The van der Waals surface area contributed by atoms with Gasteiger partial charge in [-0.05, 0) is 25.0 Å². The van der Waals surface area contributed by atoms with Crippen LogP contribution < -0.4 is 4.74 Å². The average Bonchev–Trinajstić information content (AvgIpc) is 3.08. The molecule has 0 amide bonds. The van der Waals surface area contributed by atoms with Gasteiger partial charge in [-0.15, -0.1) is 0 Å². The van der Waals surface area contributed by atoms with Crippen molar-refractivity contribution in [3.05, 3.63) is 53.6 Å². The van der Waals surface area contributed by atoms with Gasteiger partial charge >= 0.3 is 5.97 Å². The minimum Gasteiger partial charge on any atom is -0.420 e. The van der Waals surface area contributed by atoms with Gasteiger partial charge in [0.05, 0.1) is 0 Å². The largest absolute Gasteiger partial charge is 0.420 e. The van der Waals surface area contributed by atoms with Crippen LogP contribution in [-0.4, -0.2) is 10.5 Å². The van der Waals surface area contributed by atoms with Crippen LogP contribution in [0.2, 0.25) is 0 Å². The van der Waals surface area contributed by atoms with Gasteiger partial charge < -0.3 is 9.30 Å². The van der Waals surface area contributed by atoms with Crippen molar-refractivity contribution in [3.63, 3.8) is 0 Å². The lowest BCUT2D eigenvalue weighted by Gasteiger charge is -2.09. The van der Waals surface area contributed by atoms with Crippen molar-refractivity contribution in [2.45, 2.75) is 32.2 Å². The Morgan fingerprint density at radius 2 is 1.38 bits per heavy atom. The molecule has 130 valence electrons. The molecule has 0 fully saturated rings. The molecule has 1 aromatic carbocycles. The summed E-state index contributed by atoms with van der Waals surface area (Å²) in [6.07, 6.45) is 5.37. The maximum absolute atomic E-state index is 13.4. The van der Waals surface area contributed by atoms with Crippen molar-refractivity contribution in [2.24, 2.45) is 0 Å². The van der Waals surface area contributed by atoms with Gasteiger partial charge in [0.1, 0.15) is 0 Å². The van der Waals surface area contributed by atoms with E-state index in [4.69, 9.17) is 0 Å². The number of benzene rings is 1. The van der Waals surface area contributed by atoms with Gasteiger partial charge in [-0.25, -0.2) is 13.2 Å². The van der Waals surface area contributed by atoms with Crippen molar-refractivity contribution in [2.75, 3.05) is 0 Å². The predicted molar refractivity (Wildman–Crippen MR) is 74.8 cm³/mol. The number of unbranched alkanes of at least 4 members (excludes halogenated alkanes) is 2. The molecular weight excluding hydrogens is 333 g/mol. The number of halogens is 5. The fourth-order valence-electron chi connectivity index (χ4n) is 2.10. The number of carbonyl (C=O) groups excluding carboxylic acids is 1. The van der Waals surface area contributed by atoms with E-state index in [2.05, 4.69) is 4.74 Å². The SMILES string of the molecule is O=C(CCCCCn1cccc1)Oc1c(F)c(F)c(F)c(F)c1F. The molecule has 0 atom stereocenters. The highest BCUT2D eigenvalue weighted by Crippen LogP contribution is 2.29. The summed E-state index contributed by atoms with van der Waals surface area (Å²) >= 11 is 0. The van der Waals surface area contributed by atoms with Gasteiger partial charge in [-0.2, -0.15) is 8.78 Å². The fourth-order valence-corrected chi connectivity index (χ4v) is 2.10. The number of esters is 1. The molecule has 0 aliphatic carbocycles. The Labute approximate surface area is 134 Å². The van der Waals surface area contributed by atoms with Crippen molar-refractivity contribution >= 4 is 5.97 Å². The Morgan fingerprint density at radius 3 is 1.96 bits per heavy atom. The van der Waals surface area contributed by atoms with E-state index in [0.29, 0.717) is 12.8 Å². The van der Waals surface area contributed by atoms with Crippen LogP contribution in [0.1, 0.15) is 25.7 Å². The van der Waals surface area contributed by atoms with Crippen LogP contribution in [0.25, 0.3) is 0 Å². The molecule has 2 aromatic rings. The first-order valence-corrected chi connectivity index (χ1v) is 7.24. The van der Waals surface area contributed by atoms with Gasteiger partial charge in [-0.3, -0.25) is 4.79 Å². The molecule has 0 N–H and O–H groups in total. The molecule has 3 nitrogen and oxygen atoms in total. The third kappa shape index (κ3) is 4.12. The molecule has 0 saturated carbocycles. The topological polar surface area (TPSA) is 31.2 Å². The summed E-state index contributed by atoms with van der Waals surface area (Å²) in [6, 6.07) is 3.75. The lowest BCUT2D eigenvalue weighted by Crippen LogP contribution is -2.13. The van der Waals surface area contributed by atoms with Crippen LogP contribution in [0.15, 0.2) is 24.5 Å². The van der Waals surface area contributed by atoms with E-state index < -0.39 is 40.8 Å². The zero-order valence-corrected chi connectivity index (χ0v) is 12.5. The Bertz CT molecular complexity index is 687. The minimum absolute atomic E-state index is 0.189. The third-order valence-corrected chi connectivity index (χ3v) is 3.35. The number of rotatable bonds is 7. The molecule has 2 rings (SSSR count). The van der Waals surface area contributed by atoms with Gasteiger partial charge in [0.2, 0.25) is 34.8 Å². The van der Waals surface area contributed by atoms with Crippen molar-refractivity contribution in [1.82, 2.24) is 4.57 Å². The van der Waals surface area contributed by atoms with E-state index in [1.807, 2.05) is 29.1 Å². The van der Waals surface area contributed by atoms with E-state index in [0.717, 1.165) is 13.0 Å². The van der Waals surface area contributed by atoms with Gasteiger partial charge in [0, 0.05) is 25.4 Å². The van der Waals surface area contributed by atoms with Gasteiger partial charge in [0.25, 0.3) is 0 Å². The quantitative estimate of drug-likeness (QED) is 0.186. The Kier molecular flexibility index (Phi) is 5.94. The lowest BCUT2D eigenvalue weighted by molar-refractivity contribution is -0.135. The highest BCUT2D eigenvalue weighted by molar-refractivity contribution is 5.72.